The van der Waals surface area contributed by atoms with Gasteiger partial charge in [0.05, 0.1) is 23.2 Å². The third-order valence-electron chi connectivity index (χ3n) is 4.27. The van der Waals surface area contributed by atoms with Crippen LogP contribution in [0.3, 0.4) is 0 Å². The number of nitro groups is 2. The molecule has 0 saturated carbocycles. The van der Waals surface area contributed by atoms with Crippen molar-refractivity contribution < 1.29 is 19.4 Å². The highest BCUT2D eigenvalue weighted by atomic mass is 127. The maximum Gasteiger partial charge on any atom is 0.271 e. The minimum atomic E-state index is -0.539. The van der Waals surface area contributed by atoms with Gasteiger partial charge in [-0.1, -0.05) is 0 Å². The van der Waals surface area contributed by atoms with Crippen molar-refractivity contribution in [2.24, 2.45) is 5.10 Å². The number of hydrogen-bond acceptors (Lipinski definition) is 7. The molecular weight excluding hydrogens is 658 g/mol. The predicted molar refractivity (Wildman–Crippen MR) is 137 cm³/mol. The van der Waals surface area contributed by atoms with E-state index < -0.39 is 15.8 Å². The van der Waals surface area contributed by atoms with Crippen molar-refractivity contribution in [1.82, 2.24) is 5.43 Å². The number of nitro benzene ring substituents is 2. The first-order chi connectivity index (χ1) is 15.7. The first kappa shape index (κ1) is 24.5. The number of nitrogens with zero attached hydrogens (tertiary/aromatic N) is 3. The van der Waals surface area contributed by atoms with Crippen molar-refractivity contribution in [3.8, 4) is 5.75 Å². The molecule has 0 aromatic heterocycles. The van der Waals surface area contributed by atoms with E-state index in [0.717, 1.165) is 18.3 Å². The molecule has 0 unspecified atom stereocenters. The zero-order valence-electron chi connectivity index (χ0n) is 16.6. The van der Waals surface area contributed by atoms with E-state index in [2.05, 4.69) is 55.7 Å². The van der Waals surface area contributed by atoms with E-state index >= 15 is 0 Å². The Balaban J connectivity index is 1.61. The van der Waals surface area contributed by atoms with Crippen LogP contribution in [0.4, 0.5) is 11.4 Å². The summed E-state index contributed by atoms with van der Waals surface area (Å²) in [7, 11) is 0. The number of hydrazone groups is 1. The van der Waals surface area contributed by atoms with E-state index in [1.165, 1.54) is 42.6 Å². The van der Waals surface area contributed by atoms with Crippen molar-refractivity contribution in [1.29, 1.82) is 0 Å². The van der Waals surface area contributed by atoms with Crippen molar-refractivity contribution in [3.63, 3.8) is 0 Å². The predicted octanol–water partition coefficient (Wildman–Crippen LogP) is 5.06. The van der Waals surface area contributed by atoms with Crippen LogP contribution in [0.5, 0.6) is 5.75 Å². The number of halogens is 2. The molecule has 0 aliphatic heterocycles. The van der Waals surface area contributed by atoms with Crippen LogP contribution in [0.2, 0.25) is 0 Å². The summed E-state index contributed by atoms with van der Waals surface area (Å²) in [5.74, 6) is 0.176. The summed E-state index contributed by atoms with van der Waals surface area (Å²) >= 11 is 4.26. The maximum absolute atomic E-state index is 12.1. The molecule has 3 aromatic carbocycles. The summed E-state index contributed by atoms with van der Waals surface area (Å²) in [5, 5.41) is 25.4. The third-order valence-corrected chi connectivity index (χ3v) is 5.87. The lowest BCUT2D eigenvalue weighted by Crippen LogP contribution is -2.17. The van der Waals surface area contributed by atoms with E-state index in [1.54, 1.807) is 12.1 Å². The largest absolute Gasteiger partial charge is 0.487 e. The van der Waals surface area contributed by atoms with Crippen molar-refractivity contribution >= 4 is 68.7 Å². The van der Waals surface area contributed by atoms with Gasteiger partial charge in [0, 0.05) is 29.8 Å². The molecule has 168 valence electrons. The molecule has 3 aromatic rings. The Labute approximate surface area is 214 Å². The Bertz CT molecular complexity index is 1210. The quantitative estimate of drug-likeness (QED) is 0.154. The molecule has 12 heteroatoms. The summed E-state index contributed by atoms with van der Waals surface area (Å²) in [4.78, 5) is 32.6. The first-order valence-electron chi connectivity index (χ1n) is 9.17. The average Bonchev–Trinajstić information content (AvgIpc) is 2.78. The number of benzene rings is 3. The van der Waals surface area contributed by atoms with Gasteiger partial charge in [0.25, 0.3) is 17.3 Å². The minimum Gasteiger partial charge on any atom is -0.487 e. The fourth-order valence-electron chi connectivity index (χ4n) is 2.63. The van der Waals surface area contributed by atoms with E-state index in [4.69, 9.17) is 4.74 Å². The van der Waals surface area contributed by atoms with Gasteiger partial charge >= 0.3 is 0 Å². The van der Waals surface area contributed by atoms with Gasteiger partial charge in [0.2, 0.25) is 0 Å². The van der Waals surface area contributed by atoms with E-state index in [9.17, 15) is 25.0 Å². The first-order valence-corrected chi connectivity index (χ1v) is 11.3. The fourth-order valence-corrected chi connectivity index (χ4v) is 4.75. The van der Waals surface area contributed by atoms with Crippen LogP contribution in [0.1, 0.15) is 21.5 Å². The SMILES string of the molecule is O=C(N/N=C/c1cc(I)c(OCc2ccc([N+](=O)[O-])cc2)c(I)c1)c1ccc([N+](=O)[O-])cc1. The molecule has 0 aliphatic rings. The lowest BCUT2D eigenvalue weighted by molar-refractivity contribution is -0.385. The Morgan fingerprint density at radius 1 is 0.939 bits per heavy atom. The molecule has 0 atom stereocenters. The van der Waals surface area contributed by atoms with Gasteiger partial charge < -0.3 is 4.74 Å². The topological polar surface area (TPSA) is 137 Å². The van der Waals surface area contributed by atoms with E-state index in [1.807, 2.05) is 12.1 Å². The summed E-state index contributed by atoms with van der Waals surface area (Å²) < 4.78 is 7.54. The molecule has 10 nitrogen and oxygen atoms in total. The molecule has 3 rings (SSSR count). The summed E-state index contributed by atoms with van der Waals surface area (Å²) in [6.45, 7) is 0.253. The second-order valence-electron chi connectivity index (χ2n) is 6.53. The third kappa shape index (κ3) is 6.67. The minimum absolute atomic E-state index is 0.0206. The normalized spacial score (nSPS) is 10.7. The molecule has 0 aliphatic carbocycles. The van der Waals surface area contributed by atoms with Crippen LogP contribution in [0.25, 0.3) is 0 Å². The van der Waals surface area contributed by atoms with Gasteiger partial charge in [-0.3, -0.25) is 25.0 Å². The van der Waals surface area contributed by atoms with Crippen molar-refractivity contribution in [2.75, 3.05) is 0 Å². The summed E-state index contributed by atoms with van der Waals surface area (Å²) in [5.41, 5.74) is 4.08. The number of carbonyl (C=O) groups is 1. The van der Waals surface area contributed by atoms with Gasteiger partial charge in [-0.15, -0.1) is 0 Å². The highest BCUT2D eigenvalue weighted by Gasteiger charge is 2.11. The zero-order chi connectivity index (χ0) is 24.0. The molecule has 1 N–H and O–H groups in total. The maximum atomic E-state index is 12.1. The number of nitrogens with one attached hydrogen (secondary N) is 1. The zero-order valence-corrected chi connectivity index (χ0v) is 20.9. The molecule has 0 heterocycles. The molecule has 0 spiro atoms. The number of ether oxygens (including phenoxy) is 1. The molecular formula is C21H14I2N4O6. The Hall–Kier alpha value is -3.14. The average molecular weight is 672 g/mol. The number of non-ortho nitro benzene ring substituents is 2. The number of rotatable bonds is 8. The van der Waals surface area contributed by atoms with Crippen molar-refractivity contribution in [3.05, 3.63) is 105 Å². The Morgan fingerprint density at radius 3 is 1.97 bits per heavy atom. The van der Waals surface area contributed by atoms with Crippen molar-refractivity contribution in [2.45, 2.75) is 6.61 Å². The molecule has 0 bridgehead atoms. The molecule has 1 amide bonds. The highest BCUT2D eigenvalue weighted by molar-refractivity contribution is 14.1. The number of carbonyl (C=O) groups excluding carboxylic acids is 1. The van der Waals surface area contributed by atoms with Gasteiger partial charge in [0.15, 0.2) is 0 Å². The molecule has 33 heavy (non-hydrogen) atoms. The highest BCUT2D eigenvalue weighted by Crippen LogP contribution is 2.29. The van der Waals surface area contributed by atoms with Crippen LogP contribution in [0, 0.1) is 27.4 Å². The van der Waals surface area contributed by atoms with Crippen LogP contribution in [-0.4, -0.2) is 22.0 Å². The van der Waals surface area contributed by atoms with Crippen LogP contribution >= 0.6 is 45.2 Å². The Kier molecular flexibility index (Phi) is 8.26. The number of amides is 1. The van der Waals surface area contributed by atoms with E-state index in [0.29, 0.717) is 5.75 Å². The molecule has 0 fully saturated rings. The van der Waals surface area contributed by atoms with Gasteiger partial charge in [-0.05, 0) is 92.7 Å². The Morgan fingerprint density at radius 2 is 1.45 bits per heavy atom. The van der Waals surface area contributed by atoms with Crippen LogP contribution < -0.4 is 10.2 Å². The summed E-state index contributed by atoms with van der Waals surface area (Å²) in [6, 6.07) is 15.0. The fraction of sp³-hybridized carbons (Fsp3) is 0.0476. The molecule has 0 radical (unpaired) electrons. The second-order valence-corrected chi connectivity index (χ2v) is 8.85. The monoisotopic (exact) mass is 672 g/mol. The number of hydrogen-bond donors (Lipinski definition) is 1. The smallest absolute Gasteiger partial charge is 0.271 e. The van der Waals surface area contributed by atoms with Gasteiger partial charge in [-0.25, -0.2) is 5.43 Å². The van der Waals surface area contributed by atoms with Crippen LogP contribution in [-0.2, 0) is 6.61 Å². The second kappa shape index (κ2) is 11.1. The van der Waals surface area contributed by atoms with Gasteiger partial charge in [-0.2, -0.15) is 5.10 Å². The molecule has 0 saturated heterocycles. The summed E-state index contributed by atoms with van der Waals surface area (Å²) in [6.07, 6.45) is 1.48. The van der Waals surface area contributed by atoms with Gasteiger partial charge in [0.1, 0.15) is 12.4 Å². The standard InChI is InChI=1S/C21H14I2N4O6/c22-18-9-14(11-24-25-21(28)15-3-7-17(8-4-15)27(31)32)10-19(23)20(18)33-12-13-1-5-16(6-2-13)26(29)30/h1-11H,12H2,(H,25,28)/b24-11+. The van der Waals surface area contributed by atoms with Crippen LogP contribution in [0.15, 0.2) is 65.8 Å². The van der Waals surface area contributed by atoms with E-state index in [-0.39, 0.29) is 23.5 Å². The lowest BCUT2D eigenvalue weighted by atomic mass is 10.2. The lowest BCUT2D eigenvalue weighted by Gasteiger charge is -2.11.